The van der Waals surface area contributed by atoms with Crippen LogP contribution in [0.15, 0.2) is 24.3 Å². The summed E-state index contributed by atoms with van der Waals surface area (Å²) in [6.07, 6.45) is 3.83. The lowest BCUT2D eigenvalue weighted by atomic mass is 9.99. The van der Waals surface area contributed by atoms with Crippen LogP contribution in [0.1, 0.15) is 51.6 Å². The third kappa shape index (κ3) is 4.20. The van der Waals surface area contributed by atoms with Crippen molar-refractivity contribution in [2.45, 2.75) is 58.2 Å². The number of rotatable bonds is 5. The molecule has 0 spiro atoms. The smallest absolute Gasteiger partial charge is 0.174 e. The predicted molar refractivity (Wildman–Crippen MR) is 83.7 cm³/mol. The van der Waals surface area contributed by atoms with E-state index in [2.05, 4.69) is 43.3 Å². The Kier molecular flexibility index (Phi) is 5.60. The van der Waals surface area contributed by atoms with Crippen LogP contribution in [-0.2, 0) is 0 Å². The molecule has 0 amide bonds. The molecule has 21 heavy (non-hydrogen) atoms. The highest BCUT2D eigenvalue weighted by Crippen LogP contribution is 2.24. The first kappa shape index (κ1) is 15.8. The molecule has 2 rings (SSSR count). The maximum absolute atomic E-state index is 8.51. The zero-order valence-corrected chi connectivity index (χ0v) is 13.2. The standard InChI is InChI=1S/C17H25N3O/c1-13-5-4-6-14(2)20(13)19-15(3)16-7-9-17(10-8-16)21-12-11-18/h7-10,13-15,19H,4-6,12H2,1-3H3. The van der Waals surface area contributed by atoms with Gasteiger partial charge in [-0.3, -0.25) is 0 Å². The van der Waals surface area contributed by atoms with Gasteiger partial charge in [0.1, 0.15) is 11.8 Å². The van der Waals surface area contributed by atoms with Gasteiger partial charge in [-0.1, -0.05) is 18.6 Å². The summed E-state index contributed by atoms with van der Waals surface area (Å²) in [4.78, 5) is 0. The fourth-order valence-corrected chi connectivity index (χ4v) is 2.94. The molecule has 1 aliphatic heterocycles. The largest absolute Gasteiger partial charge is 0.479 e. The second-order valence-corrected chi connectivity index (χ2v) is 5.90. The molecule has 0 aliphatic carbocycles. The van der Waals surface area contributed by atoms with Gasteiger partial charge in [0.25, 0.3) is 0 Å². The Balaban J connectivity index is 1.96. The minimum atomic E-state index is 0.0932. The summed E-state index contributed by atoms with van der Waals surface area (Å²) in [7, 11) is 0. The molecule has 1 fully saturated rings. The molecule has 114 valence electrons. The quantitative estimate of drug-likeness (QED) is 0.901. The van der Waals surface area contributed by atoms with Gasteiger partial charge < -0.3 is 4.74 Å². The minimum absolute atomic E-state index is 0.0932. The summed E-state index contributed by atoms with van der Waals surface area (Å²) in [5.41, 5.74) is 4.86. The van der Waals surface area contributed by atoms with Gasteiger partial charge in [-0.25, -0.2) is 10.4 Å². The van der Waals surface area contributed by atoms with Crippen molar-refractivity contribution in [3.05, 3.63) is 29.8 Å². The maximum atomic E-state index is 8.51. The van der Waals surface area contributed by atoms with Crippen LogP contribution in [0.3, 0.4) is 0 Å². The van der Waals surface area contributed by atoms with Crippen molar-refractivity contribution in [1.82, 2.24) is 10.4 Å². The van der Waals surface area contributed by atoms with Gasteiger partial charge >= 0.3 is 0 Å². The number of ether oxygens (including phenoxy) is 1. The van der Waals surface area contributed by atoms with Crippen molar-refractivity contribution in [3.8, 4) is 11.8 Å². The number of benzene rings is 1. The number of piperidine rings is 1. The van der Waals surface area contributed by atoms with E-state index in [9.17, 15) is 0 Å². The van der Waals surface area contributed by atoms with E-state index in [1.54, 1.807) is 0 Å². The highest BCUT2D eigenvalue weighted by Gasteiger charge is 2.25. The Hall–Kier alpha value is -1.57. The third-order valence-electron chi connectivity index (χ3n) is 4.22. The highest BCUT2D eigenvalue weighted by atomic mass is 16.5. The molecule has 4 heteroatoms. The van der Waals surface area contributed by atoms with Gasteiger partial charge in [-0.15, -0.1) is 0 Å². The van der Waals surface area contributed by atoms with Gasteiger partial charge in [0.2, 0.25) is 0 Å². The zero-order chi connectivity index (χ0) is 15.2. The number of hydrogen-bond acceptors (Lipinski definition) is 4. The van der Waals surface area contributed by atoms with Gasteiger partial charge in [0, 0.05) is 18.1 Å². The van der Waals surface area contributed by atoms with Crippen molar-refractivity contribution in [1.29, 1.82) is 5.26 Å². The Morgan fingerprint density at radius 3 is 2.48 bits per heavy atom. The minimum Gasteiger partial charge on any atom is -0.479 e. The van der Waals surface area contributed by atoms with Crippen LogP contribution in [-0.4, -0.2) is 23.7 Å². The Morgan fingerprint density at radius 2 is 1.90 bits per heavy atom. The molecule has 1 heterocycles. The van der Waals surface area contributed by atoms with Crippen molar-refractivity contribution < 1.29 is 4.74 Å². The Morgan fingerprint density at radius 1 is 1.29 bits per heavy atom. The molecular formula is C17H25N3O. The Labute approximate surface area is 127 Å². The number of nitriles is 1. The van der Waals surface area contributed by atoms with Crippen LogP contribution >= 0.6 is 0 Å². The van der Waals surface area contributed by atoms with Crippen molar-refractivity contribution in [2.24, 2.45) is 0 Å². The van der Waals surface area contributed by atoms with Gasteiger partial charge in [0.15, 0.2) is 6.61 Å². The van der Waals surface area contributed by atoms with Crippen molar-refractivity contribution in [2.75, 3.05) is 6.61 Å². The first-order valence-electron chi connectivity index (χ1n) is 7.76. The lowest BCUT2D eigenvalue weighted by Gasteiger charge is -2.41. The summed E-state index contributed by atoms with van der Waals surface area (Å²) >= 11 is 0. The van der Waals surface area contributed by atoms with Gasteiger partial charge in [0.05, 0.1) is 0 Å². The number of hydrogen-bond donors (Lipinski definition) is 1. The molecule has 0 aromatic heterocycles. The van der Waals surface area contributed by atoms with Gasteiger partial charge in [-0.05, 0) is 51.3 Å². The second kappa shape index (κ2) is 7.44. The molecule has 1 aliphatic rings. The van der Waals surface area contributed by atoms with Gasteiger partial charge in [-0.2, -0.15) is 5.26 Å². The highest BCUT2D eigenvalue weighted by molar-refractivity contribution is 5.29. The lowest BCUT2D eigenvalue weighted by Crippen LogP contribution is -2.52. The fourth-order valence-electron chi connectivity index (χ4n) is 2.94. The van der Waals surface area contributed by atoms with Crippen molar-refractivity contribution in [3.63, 3.8) is 0 Å². The molecule has 4 nitrogen and oxygen atoms in total. The summed E-state index contributed by atoms with van der Waals surface area (Å²) in [5, 5.41) is 10.9. The predicted octanol–water partition coefficient (Wildman–Crippen LogP) is 3.42. The van der Waals surface area contributed by atoms with E-state index in [4.69, 9.17) is 10.00 Å². The average Bonchev–Trinajstić information content (AvgIpc) is 2.49. The zero-order valence-electron chi connectivity index (χ0n) is 13.2. The van der Waals surface area contributed by atoms with E-state index in [1.807, 2.05) is 18.2 Å². The van der Waals surface area contributed by atoms with E-state index in [-0.39, 0.29) is 12.6 Å². The lowest BCUT2D eigenvalue weighted by molar-refractivity contribution is 0.0320. The van der Waals surface area contributed by atoms with E-state index in [0.29, 0.717) is 12.1 Å². The van der Waals surface area contributed by atoms with Crippen molar-refractivity contribution >= 4 is 0 Å². The summed E-state index contributed by atoms with van der Waals surface area (Å²) in [6, 6.07) is 11.4. The average molecular weight is 287 g/mol. The van der Waals surface area contributed by atoms with E-state index in [0.717, 1.165) is 5.75 Å². The SMILES string of the molecule is CC(NN1C(C)CCCC1C)c1ccc(OCC#N)cc1. The monoisotopic (exact) mass is 287 g/mol. The molecule has 1 aromatic carbocycles. The molecule has 0 bridgehead atoms. The van der Waals surface area contributed by atoms with E-state index < -0.39 is 0 Å². The Bertz CT molecular complexity index is 470. The molecule has 1 aromatic rings. The van der Waals surface area contributed by atoms with E-state index in [1.165, 1.54) is 24.8 Å². The van der Waals surface area contributed by atoms with Crippen LogP contribution in [0.25, 0.3) is 0 Å². The summed E-state index contributed by atoms with van der Waals surface area (Å²) in [5.74, 6) is 0.743. The molecule has 1 N–H and O–H groups in total. The third-order valence-corrected chi connectivity index (χ3v) is 4.22. The molecule has 3 unspecified atom stereocenters. The number of nitrogens with zero attached hydrogens (tertiary/aromatic N) is 2. The number of hydrazine groups is 1. The molecule has 1 saturated heterocycles. The van der Waals surface area contributed by atoms with Crippen LogP contribution in [0.4, 0.5) is 0 Å². The molecule has 3 atom stereocenters. The fraction of sp³-hybridized carbons (Fsp3) is 0.588. The second-order valence-electron chi connectivity index (χ2n) is 5.90. The van der Waals surface area contributed by atoms with E-state index >= 15 is 0 Å². The van der Waals surface area contributed by atoms with Crippen LogP contribution in [0.2, 0.25) is 0 Å². The van der Waals surface area contributed by atoms with Crippen LogP contribution in [0.5, 0.6) is 5.75 Å². The molecule has 0 radical (unpaired) electrons. The van der Waals surface area contributed by atoms with Crippen LogP contribution in [0, 0.1) is 11.3 Å². The molecular weight excluding hydrogens is 262 g/mol. The maximum Gasteiger partial charge on any atom is 0.174 e. The molecule has 0 saturated carbocycles. The first-order valence-corrected chi connectivity index (χ1v) is 7.76. The summed E-state index contributed by atoms with van der Waals surface area (Å²) in [6.45, 7) is 6.84. The first-order chi connectivity index (χ1) is 10.1. The van der Waals surface area contributed by atoms with Crippen LogP contribution < -0.4 is 10.2 Å². The number of nitrogens with one attached hydrogen (secondary N) is 1. The normalized spacial score (nSPS) is 24.3. The summed E-state index contributed by atoms with van der Waals surface area (Å²) < 4.78 is 5.28. The topological polar surface area (TPSA) is 48.3 Å².